The Hall–Kier alpha value is -6.71. The smallest absolute Gasteiger partial charge is 0.303 e. The molecule has 6 atom stereocenters. The predicted octanol–water partition coefficient (Wildman–Crippen LogP) is 6.62. The number of hydrogen-bond donors (Lipinski definition) is 0. The zero-order chi connectivity index (χ0) is 43.4. The lowest BCUT2D eigenvalue weighted by Crippen LogP contribution is -2.42. The van der Waals surface area contributed by atoms with Crippen molar-refractivity contribution in [2.75, 3.05) is 56.9 Å². The van der Waals surface area contributed by atoms with Gasteiger partial charge in [0.25, 0.3) is 0 Å². The van der Waals surface area contributed by atoms with Gasteiger partial charge in [0.1, 0.15) is 23.0 Å². The Morgan fingerprint density at radius 1 is 0.467 bits per heavy atom. The minimum atomic E-state index is -1.29. The summed E-state index contributed by atoms with van der Waals surface area (Å²) in [5, 5.41) is 0. The molecule has 2 heterocycles. The summed E-state index contributed by atoms with van der Waals surface area (Å²) in [4.78, 5) is 39.1. The van der Waals surface area contributed by atoms with Crippen LogP contribution in [0.1, 0.15) is 72.8 Å². The normalized spacial score (nSPS) is 20.1. The van der Waals surface area contributed by atoms with Gasteiger partial charge in [-0.1, -0.05) is 6.07 Å². The lowest BCUT2D eigenvalue weighted by atomic mass is 9.75. The van der Waals surface area contributed by atoms with Gasteiger partial charge in [-0.25, -0.2) is 0 Å². The average Bonchev–Trinajstić information content (AvgIpc) is 3.24. The molecule has 2 aliphatic heterocycles. The molecule has 0 radical (unpaired) electrons. The van der Waals surface area contributed by atoms with Crippen molar-refractivity contribution in [3.63, 3.8) is 0 Å². The Labute approximate surface area is 347 Å². The first-order valence-electron chi connectivity index (χ1n) is 18.7. The molecule has 320 valence electrons. The number of hydrogen-bond acceptors (Lipinski definition) is 16. The highest BCUT2D eigenvalue weighted by atomic mass is 16.6. The summed E-state index contributed by atoms with van der Waals surface area (Å²) >= 11 is 0. The highest BCUT2D eigenvalue weighted by Crippen LogP contribution is 2.58. The first-order chi connectivity index (χ1) is 28.9. The lowest BCUT2D eigenvalue weighted by molar-refractivity contribution is -0.178. The molecule has 4 aromatic rings. The number of rotatable bonds is 14. The van der Waals surface area contributed by atoms with E-state index in [9.17, 15) is 14.4 Å². The highest BCUT2D eigenvalue weighted by molar-refractivity contribution is 5.71. The SMILES string of the molecule is COc1ccc2c(c1)O[C@H](c1cc(OC)c(OC)c(OC)c1)[C@@H](OC(C)=O)[C@@H]2c1c([C@H]2Oc3cc(OC)ccc3[C@H](OC(C)=O)[C@@H]2OC(C)=O)cc(OC)c(OC)c1OC. The maximum Gasteiger partial charge on any atom is 0.303 e. The van der Waals surface area contributed by atoms with Crippen molar-refractivity contribution in [2.45, 2.75) is 57.2 Å². The fourth-order valence-corrected chi connectivity index (χ4v) is 7.86. The molecule has 0 aliphatic carbocycles. The summed E-state index contributed by atoms with van der Waals surface area (Å²) in [5.74, 6) is 0.155. The number of benzene rings is 4. The summed E-state index contributed by atoms with van der Waals surface area (Å²) in [6.07, 6.45) is -5.94. The maximum absolute atomic E-state index is 13.3. The Kier molecular flexibility index (Phi) is 12.9. The van der Waals surface area contributed by atoms with Crippen LogP contribution in [0.5, 0.6) is 57.5 Å². The molecule has 0 fully saturated rings. The third-order valence-corrected chi connectivity index (χ3v) is 10.2. The van der Waals surface area contributed by atoms with E-state index >= 15 is 0 Å². The molecule has 2 aliphatic rings. The number of methoxy groups -OCH3 is 8. The standard InChI is InChI=1S/C44H48O16/c1-21(45)56-38-28-15-13-26(49-5)19-31(28)60-39(44(38)58-23(3)47)29-20-34(52-8)41(54-10)42(55-11)36(29)35-27-14-12-25(48-4)18-30(27)59-37(43(35)57-22(2)46)24-16-32(50-6)40(53-9)33(17-24)51-7/h12-20,35,37-39,43-44H,1-11H3/t35-,37+,38-,39+,43-,44-/m0/s1. The number of fused-ring (bicyclic) bond motifs is 2. The van der Waals surface area contributed by atoms with Gasteiger partial charge in [0.15, 0.2) is 53.5 Å². The highest BCUT2D eigenvalue weighted by Gasteiger charge is 2.51. The monoisotopic (exact) mass is 832 g/mol. The molecule has 0 bridgehead atoms. The van der Waals surface area contributed by atoms with Crippen molar-refractivity contribution >= 4 is 17.9 Å². The van der Waals surface area contributed by atoms with E-state index in [4.69, 9.17) is 61.6 Å². The summed E-state index contributed by atoms with van der Waals surface area (Å²) in [5.41, 5.74) is 2.14. The van der Waals surface area contributed by atoms with E-state index in [2.05, 4.69) is 0 Å². The van der Waals surface area contributed by atoms with Crippen LogP contribution in [-0.2, 0) is 28.6 Å². The molecular weight excluding hydrogens is 784 g/mol. The van der Waals surface area contributed by atoms with Crippen LogP contribution < -0.4 is 47.4 Å². The van der Waals surface area contributed by atoms with Gasteiger partial charge in [0, 0.05) is 60.7 Å². The molecule has 4 aromatic carbocycles. The third-order valence-electron chi connectivity index (χ3n) is 10.2. The van der Waals surface area contributed by atoms with Crippen LogP contribution in [-0.4, -0.2) is 87.0 Å². The number of carbonyl (C=O) groups is 3. The third kappa shape index (κ3) is 8.01. The topological polar surface area (TPSA) is 171 Å². The summed E-state index contributed by atoms with van der Waals surface area (Å²) in [6.45, 7) is 3.78. The molecule has 0 N–H and O–H groups in total. The molecule has 0 unspecified atom stereocenters. The lowest BCUT2D eigenvalue weighted by Gasteiger charge is -2.43. The van der Waals surface area contributed by atoms with E-state index in [1.54, 1.807) is 54.6 Å². The largest absolute Gasteiger partial charge is 0.497 e. The number of carbonyl (C=O) groups excluding carboxylic acids is 3. The van der Waals surface area contributed by atoms with Gasteiger partial charge in [-0.15, -0.1) is 0 Å². The molecule has 16 nitrogen and oxygen atoms in total. The molecule has 6 rings (SSSR count). The predicted molar refractivity (Wildman–Crippen MR) is 212 cm³/mol. The molecule has 0 aromatic heterocycles. The Morgan fingerprint density at radius 2 is 0.950 bits per heavy atom. The van der Waals surface area contributed by atoms with E-state index in [1.165, 1.54) is 77.6 Å². The number of ether oxygens (including phenoxy) is 13. The summed E-state index contributed by atoms with van der Waals surface area (Å²) < 4.78 is 78.2. The molecule has 0 saturated carbocycles. The second kappa shape index (κ2) is 18.1. The molecule has 16 heteroatoms. The fraction of sp³-hybridized carbons (Fsp3) is 0.386. The summed E-state index contributed by atoms with van der Waals surface area (Å²) in [7, 11) is 11.8. The maximum atomic E-state index is 13.3. The van der Waals surface area contributed by atoms with Crippen LogP contribution in [0.2, 0.25) is 0 Å². The molecule has 0 saturated heterocycles. The first-order valence-corrected chi connectivity index (χ1v) is 18.7. The van der Waals surface area contributed by atoms with Crippen molar-refractivity contribution in [1.82, 2.24) is 0 Å². The van der Waals surface area contributed by atoms with E-state index in [-0.39, 0.29) is 23.0 Å². The van der Waals surface area contributed by atoms with Gasteiger partial charge in [-0.05, 0) is 36.4 Å². The van der Waals surface area contributed by atoms with Crippen molar-refractivity contribution in [3.8, 4) is 57.5 Å². The van der Waals surface area contributed by atoms with Gasteiger partial charge < -0.3 is 61.6 Å². The van der Waals surface area contributed by atoms with Gasteiger partial charge in [-0.2, -0.15) is 0 Å². The second-order valence-corrected chi connectivity index (χ2v) is 13.6. The van der Waals surface area contributed by atoms with E-state index in [1.807, 2.05) is 0 Å². The van der Waals surface area contributed by atoms with Crippen molar-refractivity contribution in [3.05, 3.63) is 82.4 Å². The van der Waals surface area contributed by atoms with Gasteiger partial charge in [0.2, 0.25) is 11.5 Å². The van der Waals surface area contributed by atoms with Crippen LogP contribution in [0.15, 0.2) is 54.6 Å². The van der Waals surface area contributed by atoms with E-state index < -0.39 is 54.3 Å². The van der Waals surface area contributed by atoms with Crippen molar-refractivity contribution < 1.29 is 76.0 Å². The second-order valence-electron chi connectivity index (χ2n) is 13.6. The number of esters is 3. The van der Waals surface area contributed by atoms with Crippen LogP contribution in [0.4, 0.5) is 0 Å². The molecule has 0 amide bonds. The van der Waals surface area contributed by atoms with Crippen molar-refractivity contribution in [2.24, 2.45) is 0 Å². The minimum absolute atomic E-state index is 0.159. The van der Waals surface area contributed by atoms with Crippen LogP contribution in [0.25, 0.3) is 0 Å². The van der Waals surface area contributed by atoms with Gasteiger partial charge >= 0.3 is 17.9 Å². The Balaban J connectivity index is 1.74. The minimum Gasteiger partial charge on any atom is -0.497 e. The average molecular weight is 833 g/mol. The molecular formula is C44H48O16. The van der Waals surface area contributed by atoms with Crippen LogP contribution in [0, 0.1) is 0 Å². The molecule has 60 heavy (non-hydrogen) atoms. The van der Waals surface area contributed by atoms with Crippen LogP contribution in [0.3, 0.4) is 0 Å². The van der Waals surface area contributed by atoms with Crippen LogP contribution >= 0.6 is 0 Å². The van der Waals surface area contributed by atoms with Gasteiger partial charge in [-0.3, -0.25) is 14.4 Å². The quantitative estimate of drug-likeness (QED) is 0.0980. The Morgan fingerprint density at radius 3 is 1.45 bits per heavy atom. The zero-order valence-electron chi connectivity index (χ0n) is 35.2. The summed E-state index contributed by atoms with van der Waals surface area (Å²) in [6, 6.07) is 15.3. The zero-order valence-corrected chi connectivity index (χ0v) is 35.2. The fourth-order valence-electron chi connectivity index (χ4n) is 7.86. The van der Waals surface area contributed by atoms with E-state index in [0.29, 0.717) is 62.3 Å². The van der Waals surface area contributed by atoms with E-state index in [0.717, 1.165) is 0 Å². The Bertz CT molecular complexity index is 2230. The van der Waals surface area contributed by atoms with Gasteiger partial charge in [0.05, 0.1) is 62.8 Å². The van der Waals surface area contributed by atoms with Crippen molar-refractivity contribution in [1.29, 1.82) is 0 Å². The molecule has 0 spiro atoms. The first kappa shape index (κ1) is 42.9.